The second kappa shape index (κ2) is 4.58. The molecule has 0 radical (unpaired) electrons. The molecule has 20 heavy (non-hydrogen) atoms. The van der Waals surface area contributed by atoms with Crippen molar-refractivity contribution in [2.75, 3.05) is 13.6 Å². The fraction of sp³-hybridized carbons (Fsp3) is 0.733. The highest BCUT2D eigenvalue weighted by molar-refractivity contribution is 5.83. The van der Waals surface area contributed by atoms with Gasteiger partial charge >= 0.3 is 0 Å². The van der Waals surface area contributed by atoms with Crippen LogP contribution in [0.5, 0.6) is 0 Å². The third-order valence-electron chi connectivity index (χ3n) is 5.30. The van der Waals surface area contributed by atoms with Crippen molar-refractivity contribution in [2.24, 2.45) is 11.8 Å². The third-order valence-corrected chi connectivity index (χ3v) is 5.30. The van der Waals surface area contributed by atoms with Crippen LogP contribution in [-0.2, 0) is 11.2 Å². The highest BCUT2D eigenvalue weighted by Crippen LogP contribution is 2.50. The van der Waals surface area contributed by atoms with Crippen LogP contribution in [0.1, 0.15) is 43.2 Å². The van der Waals surface area contributed by atoms with E-state index in [-0.39, 0.29) is 11.9 Å². The molecule has 2 fully saturated rings. The number of carbonyl (C=O) groups excluding carboxylic acids is 1. The van der Waals surface area contributed by atoms with Gasteiger partial charge in [-0.15, -0.1) is 0 Å². The van der Waals surface area contributed by atoms with E-state index in [1.807, 2.05) is 7.05 Å². The Bertz CT molecular complexity index is 527. The quantitative estimate of drug-likeness (QED) is 0.889. The van der Waals surface area contributed by atoms with Gasteiger partial charge in [0, 0.05) is 19.0 Å². The summed E-state index contributed by atoms with van der Waals surface area (Å²) in [7, 11) is 1.82. The number of hydrogen-bond donors (Lipinski definition) is 1. The molecule has 4 unspecified atom stereocenters. The van der Waals surface area contributed by atoms with Crippen LogP contribution in [0.3, 0.4) is 0 Å². The highest BCUT2D eigenvalue weighted by Gasteiger charge is 2.45. The van der Waals surface area contributed by atoms with Crippen LogP contribution >= 0.6 is 0 Å². The lowest BCUT2D eigenvalue weighted by Gasteiger charge is -2.34. The molecule has 4 atom stereocenters. The highest BCUT2D eigenvalue weighted by atomic mass is 16.3. The van der Waals surface area contributed by atoms with Crippen LogP contribution in [0.15, 0.2) is 10.8 Å². The van der Waals surface area contributed by atoms with Crippen molar-refractivity contribution in [3.8, 4) is 0 Å². The molecule has 1 amide bonds. The molecule has 2 heterocycles. The number of rotatable bonds is 2. The molecule has 1 aromatic heterocycles. The first kappa shape index (κ1) is 12.4. The van der Waals surface area contributed by atoms with E-state index in [4.69, 9.17) is 4.42 Å². The molecule has 0 spiro atoms. The number of fused-ring (bicyclic) bond motifs is 2. The number of amides is 1. The summed E-state index contributed by atoms with van der Waals surface area (Å²) >= 11 is 0. The summed E-state index contributed by atoms with van der Waals surface area (Å²) in [4.78, 5) is 19.2. The average Bonchev–Trinajstić information content (AvgIpc) is 3.12. The van der Waals surface area contributed by atoms with E-state index in [1.165, 1.54) is 25.7 Å². The first-order chi connectivity index (χ1) is 9.78. The van der Waals surface area contributed by atoms with Crippen molar-refractivity contribution in [1.82, 2.24) is 15.2 Å². The van der Waals surface area contributed by atoms with Crippen molar-refractivity contribution >= 4 is 5.91 Å². The van der Waals surface area contributed by atoms with Crippen LogP contribution in [0, 0.1) is 11.8 Å². The smallest absolute Gasteiger partial charge is 0.247 e. The molecule has 1 N–H and O–H groups in total. The molecule has 5 heteroatoms. The summed E-state index contributed by atoms with van der Waals surface area (Å²) in [5.74, 6) is 2.71. The summed E-state index contributed by atoms with van der Waals surface area (Å²) in [5, 5.41) is 3.10. The lowest BCUT2D eigenvalue weighted by atomic mass is 9.94. The zero-order valence-corrected chi connectivity index (χ0v) is 11.8. The molecule has 3 aliphatic rings. The minimum absolute atomic E-state index is 0.159. The first-order valence-electron chi connectivity index (χ1n) is 7.68. The van der Waals surface area contributed by atoms with Crippen LogP contribution in [0.25, 0.3) is 0 Å². The third kappa shape index (κ3) is 1.87. The molecular formula is C15H21N3O2. The minimum Gasteiger partial charge on any atom is -0.446 e. The van der Waals surface area contributed by atoms with Gasteiger partial charge in [-0.2, -0.15) is 0 Å². The normalized spacial score (nSPS) is 36.2. The summed E-state index contributed by atoms with van der Waals surface area (Å²) in [6.07, 6.45) is 7.30. The number of nitrogens with zero attached hydrogens (tertiary/aromatic N) is 2. The minimum atomic E-state index is -0.369. The standard InChI is InChI=1S/C15H21N3O2/c1-16-13-14-12(17-8-20-14)4-5-18(15(13)19)11-3-2-9-6-10(9)7-11/h8-11,13,16H,2-7H2,1H3. The lowest BCUT2D eigenvalue weighted by molar-refractivity contribution is -0.136. The Kier molecular flexibility index (Phi) is 2.84. The maximum absolute atomic E-state index is 12.8. The molecule has 2 aliphatic carbocycles. The summed E-state index contributed by atoms with van der Waals surface area (Å²) < 4.78 is 5.45. The number of likely N-dealkylation sites (N-methyl/N-ethyl adjacent to an activating group) is 1. The Hall–Kier alpha value is -1.36. The topological polar surface area (TPSA) is 58.4 Å². The molecule has 0 bridgehead atoms. The number of aromatic nitrogens is 1. The largest absolute Gasteiger partial charge is 0.446 e. The van der Waals surface area contributed by atoms with Crippen LogP contribution in [0.4, 0.5) is 0 Å². The van der Waals surface area contributed by atoms with E-state index >= 15 is 0 Å². The molecule has 5 nitrogen and oxygen atoms in total. The predicted molar refractivity (Wildman–Crippen MR) is 73.0 cm³/mol. The van der Waals surface area contributed by atoms with E-state index in [0.29, 0.717) is 11.8 Å². The van der Waals surface area contributed by atoms with Crippen LogP contribution < -0.4 is 5.32 Å². The Morgan fingerprint density at radius 1 is 1.35 bits per heavy atom. The van der Waals surface area contributed by atoms with E-state index in [2.05, 4.69) is 15.2 Å². The van der Waals surface area contributed by atoms with Gasteiger partial charge in [0.15, 0.2) is 12.2 Å². The number of nitrogens with one attached hydrogen (secondary N) is 1. The fourth-order valence-electron chi connectivity index (χ4n) is 4.04. The van der Waals surface area contributed by atoms with Gasteiger partial charge in [0.2, 0.25) is 5.91 Å². The first-order valence-corrected chi connectivity index (χ1v) is 7.68. The van der Waals surface area contributed by atoms with Crippen molar-refractivity contribution < 1.29 is 9.21 Å². The Labute approximate surface area is 118 Å². The fourth-order valence-corrected chi connectivity index (χ4v) is 4.04. The van der Waals surface area contributed by atoms with Crippen LogP contribution in [0.2, 0.25) is 0 Å². The van der Waals surface area contributed by atoms with Gasteiger partial charge < -0.3 is 14.6 Å². The summed E-state index contributed by atoms with van der Waals surface area (Å²) in [5.41, 5.74) is 0.931. The Morgan fingerprint density at radius 3 is 3.05 bits per heavy atom. The van der Waals surface area contributed by atoms with E-state index in [0.717, 1.165) is 36.9 Å². The second-order valence-electron chi connectivity index (χ2n) is 6.39. The molecular weight excluding hydrogens is 254 g/mol. The lowest BCUT2D eigenvalue weighted by Crippen LogP contribution is -2.46. The van der Waals surface area contributed by atoms with E-state index in [9.17, 15) is 4.79 Å². The predicted octanol–water partition coefficient (Wildman–Crippen LogP) is 1.51. The SMILES string of the molecule is CNC1C(=O)N(C2CCC3CC3C2)CCc2ncoc21. The number of oxazole rings is 1. The van der Waals surface area contributed by atoms with Gasteiger partial charge in [0.1, 0.15) is 6.04 Å². The summed E-state index contributed by atoms with van der Waals surface area (Å²) in [6.45, 7) is 0.776. The summed E-state index contributed by atoms with van der Waals surface area (Å²) in [6, 6.07) is 0.0537. The zero-order valence-electron chi connectivity index (χ0n) is 11.8. The average molecular weight is 275 g/mol. The van der Waals surface area contributed by atoms with Gasteiger partial charge in [-0.25, -0.2) is 4.98 Å². The van der Waals surface area contributed by atoms with Crippen LogP contribution in [-0.4, -0.2) is 35.4 Å². The maximum Gasteiger partial charge on any atom is 0.247 e. The van der Waals surface area contributed by atoms with Gasteiger partial charge in [0.25, 0.3) is 0 Å². The molecule has 0 aromatic carbocycles. The van der Waals surface area contributed by atoms with Gasteiger partial charge in [-0.3, -0.25) is 4.79 Å². The van der Waals surface area contributed by atoms with Crippen molar-refractivity contribution in [2.45, 2.75) is 44.2 Å². The Morgan fingerprint density at radius 2 is 2.25 bits per heavy atom. The molecule has 108 valence electrons. The van der Waals surface area contributed by atoms with Gasteiger partial charge in [-0.05, 0) is 44.6 Å². The maximum atomic E-state index is 12.8. The van der Waals surface area contributed by atoms with E-state index in [1.54, 1.807) is 0 Å². The molecule has 1 aromatic rings. The molecule has 4 rings (SSSR count). The van der Waals surface area contributed by atoms with Gasteiger partial charge in [-0.1, -0.05) is 0 Å². The zero-order chi connectivity index (χ0) is 13.7. The van der Waals surface area contributed by atoms with Crippen molar-refractivity contribution in [3.63, 3.8) is 0 Å². The van der Waals surface area contributed by atoms with Crippen molar-refractivity contribution in [3.05, 3.63) is 17.8 Å². The van der Waals surface area contributed by atoms with Crippen molar-refractivity contribution in [1.29, 1.82) is 0 Å². The number of hydrogen-bond acceptors (Lipinski definition) is 4. The molecule has 0 saturated heterocycles. The van der Waals surface area contributed by atoms with E-state index < -0.39 is 0 Å². The molecule has 2 saturated carbocycles. The second-order valence-corrected chi connectivity index (χ2v) is 6.39. The monoisotopic (exact) mass is 275 g/mol. The number of carbonyl (C=O) groups is 1. The Balaban J connectivity index is 1.59. The van der Waals surface area contributed by atoms with Gasteiger partial charge in [0.05, 0.1) is 5.69 Å². The molecule has 1 aliphatic heterocycles.